The molecule has 8 amide bonds. The van der Waals surface area contributed by atoms with Gasteiger partial charge in [0.1, 0.15) is 48.0 Å². The number of nitrogens with zero attached hydrogens (tertiary/aromatic N) is 1. The number of carboxylic acid groups (broad SMARTS) is 3. The Bertz CT molecular complexity index is 2120. The number of hydrogen-bond donors (Lipinski definition) is 15. The summed E-state index contributed by atoms with van der Waals surface area (Å²) in [5.74, 6) is -13.7. The van der Waals surface area contributed by atoms with E-state index in [1.807, 2.05) is 0 Å². The monoisotopic (exact) mass is 1030 g/mol. The molecule has 27 heteroatoms. The number of aromatic hydroxyl groups is 1. The summed E-state index contributed by atoms with van der Waals surface area (Å²) >= 11 is 0. The third-order valence-electron chi connectivity index (χ3n) is 11.3. The lowest BCUT2D eigenvalue weighted by Gasteiger charge is -2.30. The fourth-order valence-corrected chi connectivity index (χ4v) is 7.00. The van der Waals surface area contributed by atoms with E-state index in [9.17, 15) is 68.1 Å². The molecule has 0 heterocycles. The lowest BCUT2D eigenvalue weighted by atomic mass is 9.96. The molecule has 0 fully saturated rings. The lowest BCUT2D eigenvalue weighted by Crippen LogP contribution is -2.61. The summed E-state index contributed by atoms with van der Waals surface area (Å²) < 4.78 is 0. The molecule has 73 heavy (non-hydrogen) atoms. The topological polar surface area (TPSA) is 469 Å². The largest absolute Gasteiger partial charge is 0.508 e. The fraction of sp³-hybridized carbons (Fsp3) is 0.609. The van der Waals surface area contributed by atoms with Crippen LogP contribution in [0, 0.1) is 17.8 Å². The molecule has 19 N–H and O–H groups in total. The maximum Gasteiger partial charge on any atom is 0.326 e. The van der Waals surface area contributed by atoms with Crippen molar-refractivity contribution in [2.75, 3.05) is 6.54 Å². The number of hydrogen-bond acceptors (Lipinski definition) is 14. The molecular weight excluding hydrogens is 961 g/mol. The zero-order valence-corrected chi connectivity index (χ0v) is 42.0. The SMILES string of the molecule is CC[C@H](C)[C@H](NC(=O)[C@H](CCC(N)=O)NC(=O)[C@@H](NC(=O)[C@H](Cc1ccc(O)cc1)NC(=O)[C@@H](N)CC(=O)O)C(C)C)C(=O)N[C@@H](CCC(=O)O)C(=O)N[C@@H](CC(C)C)C(=O)N[C@@H](CCCN=C(N)N)C(=O)O. The Kier molecular flexibility index (Phi) is 27.5. The summed E-state index contributed by atoms with van der Waals surface area (Å²) in [4.78, 5) is 147. The van der Waals surface area contributed by atoms with E-state index in [4.69, 9.17) is 28.0 Å². The van der Waals surface area contributed by atoms with Gasteiger partial charge in [-0.05, 0) is 67.6 Å². The molecule has 1 aromatic carbocycles. The van der Waals surface area contributed by atoms with E-state index in [0.29, 0.717) is 5.56 Å². The number of aliphatic imine (C=N–C) groups is 1. The molecule has 0 aliphatic heterocycles. The van der Waals surface area contributed by atoms with Crippen LogP contribution in [0.4, 0.5) is 0 Å². The number of guanidine groups is 1. The molecule has 27 nitrogen and oxygen atoms in total. The maximum atomic E-state index is 14.1. The van der Waals surface area contributed by atoms with Gasteiger partial charge in [-0.3, -0.25) is 52.9 Å². The molecule has 1 rings (SSSR count). The van der Waals surface area contributed by atoms with Crippen LogP contribution in [0.5, 0.6) is 5.75 Å². The predicted octanol–water partition coefficient (Wildman–Crippen LogP) is -2.85. The first-order chi connectivity index (χ1) is 34.1. The predicted molar refractivity (Wildman–Crippen MR) is 262 cm³/mol. The summed E-state index contributed by atoms with van der Waals surface area (Å²) in [6.45, 7) is 9.85. The molecular formula is C46H74N12O15. The number of benzene rings is 1. The standard InChI is InChI=1S/C46H74N12O15/c1-7-24(6)37(44(71)53-29(15-17-34(61)62)39(66)56-31(19-22(2)3)41(68)54-30(45(72)73)9-8-18-51-46(49)50)58-40(67)28(14-16-33(48)60)52-43(70)36(23(4)5)57-42(69)32(20-25-10-12-26(59)13-11-25)55-38(65)27(47)21-35(63)64/h10-13,22-24,27-32,36-37,59H,7-9,14-21,47H2,1-6H3,(H2,48,60)(H,52,70)(H,53,71)(H,54,68)(H,55,65)(H,56,66)(H,57,69)(H,58,67)(H,61,62)(H,63,64)(H,72,73)(H4,49,50,51)/t24-,27-,28-,29-,30-,31-,32-,36-,37-/m0/s1. The number of nitrogens with two attached hydrogens (primary N) is 4. The highest BCUT2D eigenvalue weighted by Crippen LogP contribution is 2.15. The molecule has 0 unspecified atom stereocenters. The van der Waals surface area contributed by atoms with Gasteiger partial charge in [0.2, 0.25) is 47.3 Å². The number of rotatable bonds is 34. The number of carbonyl (C=O) groups excluding carboxylic acids is 8. The van der Waals surface area contributed by atoms with Crippen LogP contribution >= 0.6 is 0 Å². The quantitative estimate of drug-likeness (QED) is 0.0188. The molecule has 0 saturated heterocycles. The van der Waals surface area contributed by atoms with E-state index >= 15 is 0 Å². The molecule has 408 valence electrons. The van der Waals surface area contributed by atoms with Gasteiger partial charge in [0.15, 0.2) is 5.96 Å². The average Bonchev–Trinajstić information content (AvgIpc) is 3.29. The van der Waals surface area contributed by atoms with Gasteiger partial charge in [0.25, 0.3) is 0 Å². The minimum Gasteiger partial charge on any atom is -0.508 e. The summed E-state index contributed by atoms with van der Waals surface area (Å²) in [6, 6.07) is -6.34. The Hall–Kier alpha value is -7.58. The number of carboxylic acids is 3. The molecule has 0 aliphatic carbocycles. The van der Waals surface area contributed by atoms with Gasteiger partial charge in [-0.2, -0.15) is 0 Å². The zero-order chi connectivity index (χ0) is 55.7. The minimum absolute atomic E-state index is 0.0108. The molecule has 0 saturated carbocycles. The minimum atomic E-state index is -1.62. The summed E-state index contributed by atoms with van der Waals surface area (Å²) in [6.07, 6.45) is -2.68. The van der Waals surface area contributed by atoms with Crippen molar-refractivity contribution < 1.29 is 73.2 Å². The van der Waals surface area contributed by atoms with Crippen LogP contribution in [0.2, 0.25) is 0 Å². The van der Waals surface area contributed by atoms with Crippen LogP contribution in [0.25, 0.3) is 0 Å². The van der Waals surface area contributed by atoms with Crippen molar-refractivity contribution in [2.45, 2.75) is 154 Å². The highest BCUT2D eigenvalue weighted by Gasteiger charge is 2.37. The molecule has 0 aromatic heterocycles. The number of primary amides is 1. The smallest absolute Gasteiger partial charge is 0.326 e. The Labute approximate surface area is 422 Å². The van der Waals surface area contributed by atoms with E-state index in [1.165, 1.54) is 24.3 Å². The molecule has 0 spiro atoms. The van der Waals surface area contributed by atoms with Gasteiger partial charge in [-0.1, -0.05) is 60.1 Å². The van der Waals surface area contributed by atoms with Gasteiger partial charge in [-0.25, -0.2) is 4.79 Å². The van der Waals surface area contributed by atoms with Crippen molar-refractivity contribution in [1.29, 1.82) is 0 Å². The Morgan fingerprint density at radius 1 is 0.575 bits per heavy atom. The van der Waals surface area contributed by atoms with Crippen molar-refractivity contribution in [1.82, 2.24) is 37.2 Å². The third-order valence-corrected chi connectivity index (χ3v) is 11.3. The third kappa shape index (κ3) is 24.4. The maximum absolute atomic E-state index is 14.1. The number of carbonyl (C=O) groups is 11. The highest BCUT2D eigenvalue weighted by atomic mass is 16.4. The molecule has 0 radical (unpaired) electrons. The Morgan fingerprint density at radius 3 is 1.55 bits per heavy atom. The summed E-state index contributed by atoms with van der Waals surface area (Å²) in [7, 11) is 0. The van der Waals surface area contributed by atoms with Crippen LogP contribution in [0.1, 0.15) is 105 Å². The van der Waals surface area contributed by atoms with E-state index in [-0.39, 0.29) is 56.3 Å². The van der Waals surface area contributed by atoms with Gasteiger partial charge < -0.3 is 80.6 Å². The first-order valence-electron chi connectivity index (χ1n) is 23.7. The van der Waals surface area contributed by atoms with E-state index in [2.05, 4.69) is 42.2 Å². The normalized spacial score (nSPS) is 14.8. The first-order valence-corrected chi connectivity index (χ1v) is 23.7. The highest BCUT2D eigenvalue weighted by molar-refractivity contribution is 5.98. The van der Waals surface area contributed by atoms with E-state index in [1.54, 1.807) is 41.5 Å². The number of nitrogens with one attached hydrogen (secondary N) is 7. The van der Waals surface area contributed by atoms with Crippen LogP contribution < -0.4 is 60.2 Å². The van der Waals surface area contributed by atoms with Crippen LogP contribution in [-0.4, -0.2) is 146 Å². The average molecular weight is 1040 g/mol. The second-order valence-corrected chi connectivity index (χ2v) is 18.3. The van der Waals surface area contributed by atoms with E-state index in [0.717, 1.165) is 0 Å². The van der Waals surface area contributed by atoms with Gasteiger partial charge in [0, 0.05) is 25.8 Å². The lowest BCUT2D eigenvalue weighted by molar-refractivity contribution is -0.142. The van der Waals surface area contributed by atoms with Gasteiger partial charge >= 0.3 is 17.9 Å². The summed E-state index contributed by atoms with van der Waals surface area (Å²) in [5.41, 5.74) is 22.2. The van der Waals surface area contributed by atoms with Crippen molar-refractivity contribution in [2.24, 2.45) is 45.7 Å². The molecule has 0 bridgehead atoms. The Morgan fingerprint density at radius 2 is 1.05 bits per heavy atom. The first kappa shape index (κ1) is 63.4. The van der Waals surface area contributed by atoms with Crippen LogP contribution in [0.3, 0.4) is 0 Å². The van der Waals surface area contributed by atoms with E-state index < -0.39 is 157 Å². The number of phenols is 1. The van der Waals surface area contributed by atoms with Gasteiger partial charge in [0.05, 0.1) is 12.5 Å². The van der Waals surface area contributed by atoms with Gasteiger partial charge in [-0.15, -0.1) is 0 Å². The number of phenolic OH excluding ortho intramolecular Hbond substituents is 1. The molecule has 0 aliphatic rings. The van der Waals surface area contributed by atoms with Crippen molar-refractivity contribution >= 4 is 71.1 Å². The number of aliphatic carboxylic acids is 3. The van der Waals surface area contributed by atoms with Crippen molar-refractivity contribution in [3.05, 3.63) is 29.8 Å². The van der Waals surface area contributed by atoms with Crippen LogP contribution in [-0.2, 0) is 59.2 Å². The second kappa shape index (κ2) is 31.7. The van der Waals surface area contributed by atoms with Crippen LogP contribution in [0.15, 0.2) is 29.3 Å². The zero-order valence-electron chi connectivity index (χ0n) is 42.0. The summed E-state index contributed by atoms with van der Waals surface area (Å²) in [5, 5.41) is 55.5. The van der Waals surface area contributed by atoms with Crippen molar-refractivity contribution in [3.63, 3.8) is 0 Å². The molecule has 1 aromatic rings. The Balaban J connectivity index is 3.50. The second-order valence-electron chi connectivity index (χ2n) is 18.3. The van der Waals surface area contributed by atoms with Crippen molar-refractivity contribution in [3.8, 4) is 5.75 Å². The molecule has 9 atom stereocenters. The number of amides is 8. The fourth-order valence-electron chi connectivity index (χ4n) is 7.00.